The highest BCUT2D eigenvalue weighted by Gasteiger charge is 2.47. The molecule has 19 heavy (non-hydrogen) atoms. The topological polar surface area (TPSA) is 60.9 Å². The van der Waals surface area contributed by atoms with Gasteiger partial charge in [-0.15, -0.1) is 0 Å². The van der Waals surface area contributed by atoms with Gasteiger partial charge in [0.25, 0.3) is 5.91 Å². The van der Waals surface area contributed by atoms with Gasteiger partial charge in [-0.2, -0.15) is 0 Å². The quantitative estimate of drug-likeness (QED) is 0.732. The predicted molar refractivity (Wildman–Crippen MR) is 71.5 cm³/mol. The summed E-state index contributed by atoms with van der Waals surface area (Å²) in [4.78, 5) is 27.0. The first-order chi connectivity index (χ1) is 8.71. The second-order valence-electron chi connectivity index (χ2n) is 6.91. The number of hydrogen-bond donors (Lipinski definition) is 1. The van der Waals surface area contributed by atoms with Gasteiger partial charge in [0.05, 0.1) is 6.10 Å². The summed E-state index contributed by atoms with van der Waals surface area (Å²) in [5.41, 5.74) is 0.0204. The zero-order valence-corrected chi connectivity index (χ0v) is 12.2. The van der Waals surface area contributed by atoms with Gasteiger partial charge in [0.2, 0.25) is 0 Å². The van der Waals surface area contributed by atoms with Gasteiger partial charge in [0.15, 0.2) is 0 Å². The molecule has 1 saturated heterocycles. The standard InChI is InChI=1S/C14H24N2O3/c1-14(2,3)10-6-5-9(17)7-11(10)16-12(18)8-15(4)13(16)19/h9-11,17H,5-8H2,1-4H3. The molecule has 2 rings (SSSR count). The Labute approximate surface area is 114 Å². The van der Waals surface area contributed by atoms with E-state index in [2.05, 4.69) is 20.8 Å². The number of amides is 3. The second-order valence-corrected chi connectivity index (χ2v) is 6.91. The molecule has 0 aromatic rings. The molecule has 1 aliphatic carbocycles. The van der Waals surface area contributed by atoms with Crippen LogP contribution in [-0.4, -0.2) is 52.6 Å². The molecule has 5 heteroatoms. The normalized spacial score (nSPS) is 33.2. The first-order valence-corrected chi connectivity index (χ1v) is 6.97. The van der Waals surface area contributed by atoms with E-state index in [1.807, 2.05) is 0 Å². The molecule has 0 radical (unpaired) electrons. The van der Waals surface area contributed by atoms with Crippen molar-refractivity contribution in [3.63, 3.8) is 0 Å². The number of imide groups is 1. The average Bonchev–Trinajstić information content (AvgIpc) is 2.51. The molecule has 5 nitrogen and oxygen atoms in total. The van der Waals surface area contributed by atoms with Crippen LogP contribution >= 0.6 is 0 Å². The van der Waals surface area contributed by atoms with E-state index in [0.717, 1.165) is 12.8 Å². The number of aliphatic hydroxyl groups is 1. The molecule has 0 aromatic heterocycles. The molecule has 1 N–H and O–H groups in total. The van der Waals surface area contributed by atoms with E-state index >= 15 is 0 Å². The number of hydrogen-bond acceptors (Lipinski definition) is 3. The van der Waals surface area contributed by atoms with Crippen molar-refractivity contribution in [1.82, 2.24) is 9.80 Å². The van der Waals surface area contributed by atoms with Gasteiger partial charge in [-0.05, 0) is 30.6 Å². The van der Waals surface area contributed by atoms with Crippen LogP contribution < -0.4 is 0 Å². The summed E-state index contributed by atoms with van der Waals surface area (Å²) in [6, 6.07) is -0.396. The average molecular weight is 268 g/mol. The zero-order chi connectivity index (χ0) is 14.4. The number of urea groups is 1. The van der Waals surface area contributed by atoms with E-state index < -0.39 is 6.10 Å². The first kappa shape index (κ1) is 14.3. The maximum atomic E-state index is 12.1. The van der Waals surface area contributed by atoms with Crippen LogP contribution in [0, 0.1) is 11.3 Å². The molecule has 0 bridgehead atoms. The Balaban J connectivity index is 2.28. The molecular formula is C14H24N2O3. The molecule has 1 aliphatic heterocycles. The van der Waals surface area contributed by atoms with E-state index in [-0.39, 0.29) is 35.9 Å². The van der Waals surface area contributed by atoms with Gasteiger partial charge >= 0.3 is 6.03 Å². The number of nitrogens with zero attached hydrogens (tertiary/aromatic N) is 2. The number of rotatable bonds is 1. The summed E-state index contributed by atoms with van der Waals surface area (Å²) in [6.07, 6.45) is 1.71. The molecule has 0 spiro atoms. The molecule has 3 atom stereocenters. The van der Waals surface area contributed by atoms with E-state index in [1.165, 1.54) is 9.80 Å². The fourth-order valence-corrected chi connectivity index (χ4v) is 3.38. The fourth-order valence-electron chi connectivity index (χ4n) is 3.38. The molecule has 2 fully saturated rings. The Morgan fingerprint density at radius 2 is 1.84 bits per heavy atom. The second kappa shape index (κ2) is 4.78. The Morgan fingerprint density at radius 1 is 1.21 bits per heavy atom. The first-order valence-electron chi connectivity index (χ1n) is 6.97. The predicted octanol–water partition coefficient (Wildman–Crippen LogP) is 1.46. The molecule has 0 aromatic carbocycles. The molecule has 1 saturated carbocycles. The number of likely N-dealkylation sites (N-methyl/N-ethyl adjacent to an activating group) is 1. The van der Waals surface area contributed by atoms with E-state index in [4.69, 9.17) is 0 Å². The lowest BCUT2D eigenvalue weighted by molar-refractivity contribution is -0.130. The van der Waals surface area contributed by atoms with Gasteiger partial charge in [-0.1, -0.05) is 20.8 Å². The lowest BCUT2D eigenvalue weighted by Gasteiger charge is -2.44. The maximum Gasteiger partial charge on any atom is 0.327 e. The van der Waals surface area contributed by atoms with Crippen LogP contribution in [0.1, 0.15) is 40.0 Å². The van der Waals surface area contributed by atoms with Crippen molar-refractivity contribution in [1.29, 1.82) is 0 Å². The number of carbonyl (C=O) groups excluding carboxylic acids is 2. The van der Waals surface area contributed by atoms with Crippen LogP contribution in [0.2, 0.25) is 0 Å². The minimum absolute atomic E-state index is 0.0204. The highest BCUT2D eigenvalue weighted by Crippen LogP contribution is 2.41. The summed E-state index contributed by atoms with van der Waals surface area (Å²) in [5, 5.41) is 9.90. The van der Waals surface area contributed by atoms with Crippen LogP contribution in [0.3, 0.4) is 0 Å². The van der Waals surface area contributed by atoms with Gasteiger partial charge in [-0.3, -0.25) is 9.69 Å². The van der Waals surface area contributed by atoms with E-state index in [0.29, 0.717) is 6.42 Å². The largest absolute Gasteiger partial charge is 0.393 e. The van der Waals surface area contributed by atoms with Crippen molar-refractivity contribution in [3.05, 3.63) is 0 Å². The smallest absolute Gasteiger partial charge is 0.327 e. The van der Waals surface area contributed by atoms with Crippen LogP contribution in [0.25, 0.3) is 0 Å². The molecule has 108 valence electrons. The lowest BCUT2D eigenvalue weighted by atomic mass is 9.68. The summed E-state index contributed by atoms with van der Waals surface area (Å²) < 4.78 is 0. The Hall–Kier alpha value is -1.10. The molecule has 2 aliphatic rings. The summed E-state index contributed by atoms with van der Waals surface area (Å²) in [7, 11) is 1.64. The van der Waals surface area contributed by atoms with Crippen molar-refractivity contribution in [2.24, 2.45) is 11.3 Å². The van der Waals surface area contributed by atoms with Crippen LogP contribution in [0.15, 0.2) is 0 Å². The third-order valence-electron chi connectivity index (χ3n) is 4.41. The van der Waals surface area contributed by atoms with Crippen molar-refractivity contribution in [2.45, 2.75) is 52.2 Å². The van der Waals surface area contributed by atoms with Crippen LogP contribution in [0.4, 0.5) is 4.79 Å². The minimum Gasteiger partial charge on any atom is -0.393 e. The van der Waals surface area contributed by atoms with Crippen molar-refractivity contribution in [2.75, 3.05) is 13.6 Å². The van der Waals surface area contributed by atoms with Gasteiger partial charge in [0, 0.05) is 13.1 Å². The van der Waals surface area contributed by atoms with Gasteiger partial charge in [0.1, 0.15) is 6.54 Å². The molecule has 1 heterocycles. The van der Waals surface area contributed by atoms with E-state index in [1.54, 1.807) is 7.05 Å². The minimum atomic E-state index is -0.407. The lowest BCUT2D eigenvalue weighted by Crippen LogP contribution is -2.52. The zero-order valence-electron chi connectivity index (χ0n) is 12.2. The SMILES string of the molecule is CN1CC(=O)N(C2CC(O)CCC2C(C)(C)C)C1=O. The fraction of sp³-hybridized carbons (Fsp3) is 0.857. The third-order valence-corrected chi connectivity index (χ3v) is 4.41. The Kier molecular flexibility index (Phi) is 3.60. The van der Waals surface area contributed by atoms with E-state index in [9.17, 15) is 14.7 Å². The molecule has 3 amide bonds. The van der Waals surface area contributed by atoms with Crippen LogP contribution in [0.5, 0.6) is 0 Å². The summed E-state index contributed by atoms with van der Waals surface area (Å²) in [6.45, 7) is 6.56. The molecular weight excluding hydrogens is 244 g/mol. The monoisotopic (exact) mass is 268 g/mol. The summed E-state index contributed by atoms with van der Waals surface area (Å²) >= 11 is 0. The van der Waals surface area contributed by atoms with Gasteiger partial charge < -0.3 is 10.0 Å². The third kappa shape index (κ3) is 2.61. The summed E-state index contributed by atoms with van der Waals surface area (Å²) in [5.74, 6) is 0.108. The number of aliphatic hydroxyl groups excluding tert-OH is 1. The Morgan fingerprint density at radius 3 is 2.32 bits per heavy atom. The van der Waals surface area contributed by atoms with Crippen molar-refractivity contribution >= 4 is 11.9 Å². The highest BCUT2D eigenvalue weighted by atomic mass is 16.3. The molecule has 3 unspecified atom stereocenters. The highest BCUT2D eigenvalue weighted by molar-refractivity contribution is 6.02. The Bertz CT molecular complexity index is 389. The maximum absolute atomic E-state index is 12.1. The van der Waals surface area contributed by atoms with Crippen LogP contribution in [-0.2, 0) is 4.79 Å². The number of carbonyl (C=O) groups is 2. The van der Waals surface area contributed by atoms with Crippen molar-refractivity contribution < 1.29 is 14.7 Å². The van der Waals surface area contributed by atoms with Gasteiger partial charge in [-0.25, -0.2) is 4.79 Å². The van der Waals surface area contributed by atoms with Crippen molar-refractivity contribution in [3.8, 4) is 0 Å².